The van der Waals surface area contributed by atoms with Gasteiger partial charge in [0.1, 0.15) is 0 Å². The number of likely N-dealkylation sites (tertiary alicyclic amines) is 1. The molecule has 0 amide bonds. The van der Waals surface area contributed by atoms with Crippen molar-refractivity contribution in [3.8, 4) is 0 Å². The van der Waals surface area contributed by atoms with Gasteiger partial charge < -0.3 is 10.2 Å². The molecule has 1 aliphatic heterocycles. The summed E-state index contributed by atoms with van der Waals surface area (Å²) in [6.45, 7) is 2.55. The summed E-state index contributed by atoms with van der Waals surface area (Å²) in [5.41, 5.74) is 0. The minimum atomic E-state index is 0.739. The Kier molecular flexibility index (Phi) is 4.22. The van der Waals surface area contributed by atoms with E-state index >= 15 is 0 Å². The molecule has 2 rings (SSSR count). The molecule has 2 fully saturated rings. The number of likely N-dealkylation sites (N-methyl/N-ethyl adjacent to an activating group) is 2. The Morgan fingerprint density at radius 1 is 1.19 bits per heavy atom. The molecule has 0 spiro atoms. The normalized spacial score (nSPS) is 36.4. The second kappa shape index (κ2) is 5.48. The van der Waals surface area contributed by atoms with Crippen LogP contribution >= 0.6 is 0 Å². The third kappa shape index (κ3) is 2.58. The predicted molar refractivity (Wildman–Crippen MR) is 68.8 cm³/mol. The van der Waals surface area contributed by atoms with Crippen molar-refractivity contribution in [2.45, 2.75) is 50.2 Å². The first kappa shape index (κ1) is 12.3. The molecular weight excluding hydrogens is 198 g/mol. The van der Waals surface area contributed by atoms with Crippen molar-refractivity contribution in [2.75, 3.05) is 34.2 Å². The van der Waals surface area contributed by atoms with Crippen molar-refractivity contribution in [1.82, 2.24) is 15.1 Å². The number of nitrogens with zero attached hydrogens (tertiary/aromatic N) is 2. The highest BCUT2D eigenvalue weighted by atomic mass is 15.3. The lowest BCUT2D eigenvalue weighted by molar-refractivity contribution is 0.137. The molecule has 94 valence electrons. The van der Waals surface area contributed by atoms with E-state index in [0.29, 0.717) is 0 Å². The molecule has 1 heterocycles. The second-order valence-corrected chi connectivity index (χ2v) is 5.69. The van der Waals surface area contributed by atoms with Gasteiger partial charge in [-0.1, -0.05) is 6.42 Å². The van der Waals surface area contributed by atoms with E-state index < -0.39 is 0 Å². The third-order valence-corrected chi connectivity index (χ3v) is 4.27. The summed E-state index contributed by atoms with van der Waals surface area (Å²) < 4.78 is 0. The summed E-state index contributed by atoms with van der Waals surface area (Å²) in [6.07, 6.45) is 6.96. The maximum Gasteiger partial charge on any atom is 0.0252 e. The molecule has 0 aromatic carbocycles. The molecule has 2 aliphatic rings. The highest BCUT2D eigenvalue weighted by molar-refractivity contribution is 4.95. The summed E-state index contributed by atoms with van der Waals surface area (Å²) in [4.78, 5) is 5.13. The van der Waals surface area contributed by atoms with Gasteiger partial charge in [0.25, 0.3) is 0 Å². The zero-order valence-electron chi connectivity index (χ0n) is 11.1. The van der Waals surface area contributed by atoms with Crippen molar-refractivity contribution in [2.24, 2.45) is 0 Å². The van der Waals surface area contributed by atoms with Crippen LogP contribution in [-0.2, 0) is 0 Å². The molecule has 1 aliphatic carbocycles. The molecule has 0 bridgehead atoms. The second-order valence-electron chi connectivity index (χ2n) is 5.69. The Labute approximate surface area is 100 Å². The molecule has 3 nitrogen and oxygen atoms in total. The standard InChI is InChI=1S/C13H27N3/c1-14-12-7-4-8-13(12)16-9-5-6-11(16)10-15(2)3/h11-14H,4-10H2,1-3H3. The molecule has 0 aromatic rings. The Bertz CT molecular complexity index is 217. The van der Waals surface area contributed by atoms with Crippen LogP contribution in [0.25, 0.3) is 0 Å². The van der Waals surface area contributed by atoms with Crippen LogP contribution in [0.1, 0.15) is 32.1 Å². The quantitative estimate of drug-likeness (QED) is 0.774. The molecule has 3 heteroatoms. The van der Waals surface area contributed by atoms with Crippen molar-refractivity contribution >= 4 is 0 Å². The molecule has 1 saturated carbocycles. The van der Waals surface area contributed by atoms with E-state index in [-0.39, 0.29) is 0 Å². The first-order chi connectivity index (χ1) is 7.72. The highest BCUT2D eigenvalue weighted by Gasteiger charge is 2.37. The van der Waals surface area contributed by atoms with Crippen LogP contribution in [0.5, 0.6) is 0 Å². The predicted octanol–water partition coefficient (Wildman–Crippen LogP) is 1.15. The van der Waals surface area contributed by atoms with E-state index in [0.717, 1.165) is 18.1 Å². The van der Waals surface area contributed by atoms with Crippen molar-refractivity contribution in [1.29, 1.82) is 0 Å². The minimum absolute atomic E-state index is 0.739. The first-order valence-electron chi connectivity index (χ1n) is 6.80. The molecule has 1 N–H and O–H groups in total. The van der Waals surface area contributed by atoms with Crippen LogP contribution in [0, 0.1) is 0 Å². The molecule has 1 saturated heterocycles. The van der Waals surface area contributed by atoms with Gasteiger partial charge in [0, 0.05) is 24.7 Å². The van der Waals surface area contributed by atoms with Gasteiger partial charge in [-0.25, -0.2) is 0 Å². The lowest BCUT2D eigenvalue weighted by atomic mass is 10.1. The zero-order chi connectivity index (χ0) is 11.5. The molecule has 0 radical (unpaired) electrons. The Hall–Kier alpha value is -0.120. The summed E-state index contributed by atoms with van der Waals surface area (Å²) in [5, 5.41) is 3.51. The number of hydrogen-bond donors (Lipinski definition) is 1. The number of rotatable bonds is 4. The summed E-state index contributed by atoms with van der Waals surface area (Å²) in [5.74, 6) is 0. The van der Waals surface area contributed by atoms with Crippen molar-refractivity contribution in [3.05, 3.63) is 0 Å². The largest absolute Gasteiger partial charge is 0.315 e. The SMILES string of the molecule is CNC1CCCC1N1CCCC1CN(C)C. The van der Waals surface area contributed by atoms with E-state index in [1.165, 1.54) is 45.2 Å². The average Bonchev–Trinajstić information content (AvgIpc) is 2.83. The van der Waals surface area contributed by atoms with E-state index in [4.69, 9.17) is 0 Å². The van der Waals surface area contributed by atoms with Gasteiger partial charge in [0.15, 0.2) is 0 Å². The molecule has 3 unspecified atom stereocenters. The van der Waals surface area contributed by atoms with Crippen LogP contribution in [-0.4, -0.2) is 62.2 Å². The maximum atomic E-state index is 3.51. The Balaban J connectivity index is 1.96. The molecular formula is C13H27N3. The molecule has 3 atom stereocenters. The van der Waals surface area contributed by atoms with Crippen LogP contribution < -0.4 is 5.32 Å². The van der Waals surface area contributed by atoms with Crippen LogP contribution in [0.15, 0.2) is 0 Å². The minimum Gasteiger partial charge on any atom is -0.315 e. The zero-order valence-corrected chi connectivity index (χ0v) is 11.1. The van der Waals surface area contributed by atoms with E-state index in [1.54, 1.807) is 0 Å². The van der Waals surface area contributed by atoms with Crippen molar-refractivity contribution in [3.63, 3.8) is 0 Å². The van der Waals surface area contributed by atoms with Crippen LogP contribution in [0.3, 0.4) is 0 Å². The average molecular weight is 225 g/mol. The van der Waals surface area contributed by atoms with E-state index in [1.807, 2.05) is 0 Å². The topological polar surface area (TPSA) is 18.5 Å². The Morgan fingerprint density at radius 3 is 2.69 bits per heavy atom. The fourth-order valence-electron chi connectivity index (χ4n) is 3.59. The van der Waals surface area contributed by atoms with Gasteiger partial charge in [-0.2, -0.15) is 0 Å². The van der Waals surface area contributed by atoms with E-state index in [9.17, 15) is 0 Å². The monoisotopic (exact) mass is 225 g/mol. The summed E-state index contributed by atoms with van der Waals surface area (Å²) in [7, 11) is 6.52. The van der Waals surface area contributed by atoms with Crippen molar-refractivity contribution < 1.29 is 0 Å². The fraction of sp³-hybridized carbons (Fsp3) is 1.00. The van der Waals surface area contributed by atoms with Gasteiger partial charge in [0.05, 0.1) is 0 Å². The summed E-state index contributed by atoms with van der Waals surface area (Å²) >= 11 is 0. The molecule has 0 aromatic heterocycles. The van der Waals surface area contributed by atoms with Gasteiger partial charge in [-0.3, -0.25) is 4.90 Å². The lowest BCUT2D eigenvalue weighted by Crippen LogP contribution is -2.50. The smallest absolute Gasteiger partial charge is 0.0252 e. The number of nitrogens with one attached hydrogen (secondary N) is 1. The van der Waals surface area contributed by atoms with Crippen LogP contribution in [0.2, 0.25) is 0 Å². The van der Waals surface area contributed by atoms with Gasteiger partial charge in [-0.15, -0.1) is 0 Å². The maximum absolute atomic E-state index is 3.51. The van der Waals surface area contributed by atoms with E-state index in [2.05, 4.69) is 36.3 Å². The number of hydrogen-bond acceptors (Lipinski definition) is 3. The van der Waals surface area contributed by atoms with Crippen LogP contribution in [0.4, 0.5) is 0 Å². The first-order valence-corrected chi connectivity index (χ1v) is 6.80. The Morgan fingerprint density at radius 2 is 2.00 bits per heavy atom. The van der Waals surface area contributed by atoms with Gasteiger partial charge in [-0.05, 0) is 53.4 Å². The molecule has 16 heavy (non-hydrogen) atoms. The lowest BCUT2D eigenvalue weighted by Gasteiger charge is -2.35. The third-order valence-electron chi connectivity index (χ3n) is 4.27. The highest BCUT2D eigenvalue weighted by Crippen LogP contribution is 2.30. The van der Waals surface area contributed by atoms with Gasteiger partial charge in [0.2, 0.25) is 0 Å². The summed E-state index contributed by atoms with van der Waals surface area (Å²) in [6, 6.07) is 2.34. The van der Waals surface area contributed by atoms with Gasteiger partial charge >= 0.3 is 0 Å². The fourth-order valence-corrected chi connectivity index (χ4v) is 3.59.